The van der Waals surface area contributed by atoms with Gasteiger partial charge < -0.3 is 10.5 Å². The molecule has 1 aromatic rings. The van der Waals surface area contributed by atoms with Gasteiger partial charge in [0.15, 0.2) is 0 Å². The molecule has 1 fully saturated rings. The average Bonchev–Trinajstić information content (AvgIpc) is 2.41. The molecule has 20 heavy (non-hydrogen) atoms. The quantitative estimate of drug-likeness (QED) is 0.471. The summed E-state index contributed by atoms with van der Waals surface area (Å²) < 4.78 is 4.74. The van der Waals surface area contributed by atoms with Gasteiger partial charge >= 0.3 is 5.69 Å². The number of methoxy groups -OCH3 is 1. The maximum Gasteiger partial charge on any atom is 0.310 e. The summed E-state index contributed by atoms with van der Waals surface area (Å²) in [5.74, 6) is 0. The van der Waals surface area contributed by atoms with E-state index in [4.69, 9.17) is 5.73 Å². The zero-order valence-electron chi connectivity index (χ0n) is 12.0. The van der Waals surface area contributed by atoms with Crippen LogP contribution < -0.4 is 5.73 Å². The van der Waals surface area contributed by atoms with E-state index in [1.807, 2.05) is 0 Å². The van der Waals surface area contributed by atoms with Gasteiger partial charge in [-0.05, 0) is 15.9 Å². The molecule has 0 aliphatic heterocycles. The first-order valence-electron chi connectivity index (χ1n) is 6.48. The lowest BCUT2D eigenvalue weighted by Gasteiger charge is -2.05. The SMILES string of the molecule is C1CCCCC1.COC.Nc1cc(Br)ncc1[N+](=O)[O-]. The van der Waals surface area contributed by atoms with Crippen LogP contribution in [0.3, 0.4) is 0 Å². The van der Waals surface area contributed by atoms with E-state index in [1.54, 1.807) is 14.2 Å². The zero-order chi connectivity index (χ0) is 15.4. The van der Waals surface area contributed by atoms with Crippen LogP contribution in [0.4, 0.5) is 11.4 Å². The number of pyridine rings is 1. The number of nitrogen functional groups attached to an aromatic ring is 1. The third-order valence-electron chi connectivity index (χ3n) is 2.58. The summed E-state index contributed by atoms with van der Waals surface area (Å²) in [6, 6.07) is 1.39. The van der Waals surface area contributed by atoms with Crippen LogP contribution in [0.25, 0.3) is 0 Å². The first-order valence-corrected chi connectivity index (χ1v) is 7.27. The first kappa shape index (κ1) is 18.8. The Morgan fingerprint density at radius 1 is 1.25 bits per heavy atom. The Labute approximate surface area is 128 Å². The molecule has 0 unspecified atom stereocenters. The normalized spacial score (nSPS) is 13.3. The molecule has 1 heterocycles. The fourth-order valence-corrected chi connectivity index (χ4v) is 2.00. The molecule has 2 N–H and O–H groups in total. The van der Waals surface area contributed by atoms with Gasteiger partial charge in [0.25, 0.3) is 0 Å². The van der Waals surface area contributed by atoms with Crippen LogP contribution in [0.15, 0.2) is 16.9 Å². The molecule has 7 heteroatoms. The van der Waals surface area contributed by atoms with Crippen molar-refractivity contribution in [2.24, 2.45) is 0 Å². The number of aromatic nitrogens is 1. The van der Waals surface area contributed by atoms with Crippen molar-refractivity contribution in [2.75, 3.05) is 20.0 Å². The molecule has 1 saturated carbocycles. The lowest BCUT2D eigenvalue weighted by Crippen LogP contribution is -1.96. The molecule has 1 aromatic heterocycles. The molecule has 0 atom stereocenters. The second-order valence-corrected chi connectivity index (χ2v) is 5.16. The first-order chi connectivity index (χ1) is 9.52. The molecule has 114 valence electrons. The number of rotatable bonds is 1. The van der Waals surface area contributed by atoms with E-state index < -0.39 is 4.92 Å². The highest BCUT2D eigenvalue weighted by molar-refractivity contribution is 9.10. The Morgan fingerprint density at radius 3 is 1.95 bits per heavy atom. The highest BCUT2D eigenvalue weighted by Crippen LogP contribution is 2.21. The van der Waals surface area contributed by atoms with Crippen LogP contribution in [-0.4, -0.2) is 24.1 Å². The van der Waals surface area contributed by atoms with Gasteiger partial charge in [0.1, 0.15) is 16.5 Å². The van der Waals surface area contributed by atoms with Crippen molar-refractivity contribution < 1.29 is 9.66 Å². The van der Waals surface area contributed by atoms with Crippen molar-refractivity contribution in [3.8, 4) is 0 Å². The smallest absolute Gasteiger partial charge is 0.310 e. The summed E-state index contributed by atoms with van der Waals surface area (Å²) in [5.41, 5.74) is 5.25. The van der Waals surface area contributed by atoms with Crippen molar-refractivity contribution in [2.45, 2.75) is 38.5 Å². The van der Waals surface area contributed by atoms with E-state index in [2.05, 4.69) is 25.7 Å². The number of nitrogens with two attached hydrogens (primary N) is 1. The molecule has 0 radical (unpaired) electrons. The minimum atomic E-state index is -0.575. The largest absolute Gasteiger partial charge is 0.393 e. The minimum Gasteiger partial charge on any atom is -0.393 e. The third-order valence-corrected chi connectivity index (χ3v) is 3.01. The molecule has 1 aliphatic rings. The second kappa shape index (κ2) is 11.6. The number of nitrogens with zero attached hydrogens (tertiary/aromatic N) is 2. The summed E-state index contributed by atoms with van der Waals surface area (Å²) in [7, 11) is 3.25. The van der Waals surface area contributed by atoms with E-state index in [9.17, 15) is 10.1 Å². The Hall–Kier alpha value is -1.21. The van der Waals surface area contributed by atoms with E-state index >= 15 is 0 Å². The van der Waals surface area contributed by atoms with Crippen molar-refractivity contribution in [3.05, 3.63) is 27.0 Å². The topological polar surface area (TPSA) is 91.3 Å². The Balaban J connectivity index is 0.000000336. The molecule has 0 spiro atoms. The summed E-state index contributed by atoms with van der Waals surface area (Å²) in [6.45, 7) is 0. The fourth-order valence-electron chi connectivity index (χ4n) is 1.65. The number of hydrogen-bond acceptors (Lipinski definition) is 5. The minimum absolute atomic E-state index is 0.108. The van der Waals surface area contributed by atoms with Crippen molar-refractivity contribution >= 4 is 27.3 Å². The molecule has 0 bridgehead atoms. The van der Waals surface area contributed by atoms with Crippen molar-refractivity contribution in [1.29, 1.82) is 0 Å². The maximum atomic E-state index is 10.2. The monoisotopic (exact) mass is 347 g/mol. The van der Waals surface area contributed by atoms with Crippen molar-refractivity contribution in [1.82, 2.24) is 4.98 Å². The van der Waals surface area contributed by atoms with Crippen LogP contribution in [0.5, 0.6) is 0 Å². The number of anilines is 1. The molecular formula is C13H22BrN3O3. The molecular weight excluding hydrogens is 326 g/mol. The number of hydrogen-bond donors (Lipinski definition) is 1. The molecule has 6 nitrogen and oxygen atoms in total. The van der Waals surface area contributed by atoms with Gasteiger partial charge in [0.05, 0.1) is 4.92 Å². The van der Waals surface area contributed by atoms with Crippen LogP contribution in [-0.2, 0) is 4.74 Å². The average molecular weight is 348 g/mol. The van der Waals surface area contributed by atoms with Gasteiger partial charge in [-0.15, -0.1) is 0 Å². The number of ether oxygens (including phenoxy) is 1. The van der Waals surface area contributed by atoms with Crippen LogP contribution in [0, 0.1) is 10.1 Å². The predicted octanol–water partition coefficient (Wildman–Crippen LogP) is 3.94. The zero-order valence-corrected chi connectivity index (χ0v) is 13.6. The van der Waals surface area contributed by atoms with E-state index in [0.717, 1.165) is 6.20 Å². The lowest BCUT2D eigenvalue weighted by molar-refractivity contribution is -0.384. The lowest BCUT2D eigenvalue weighted by atomic mass is 10.0. The van der Waals surface area contributed by atoms with E-state index in [1.165, 1.54) is 44.6 Å². The summed E-state index contributed by atoms with van der Waals surface area (Å²) >= 11 is 3.03. The van der Waals surface area contributed by atoms with Crippen molar-refractivity contribution in [3.63, 3.8) is 0 Å². The maximum absolute atomic E-state index is 10.2. The van der Waals surface area contributed by atoms with Gasteiger partial charge in [-0.25, -0.2) is 4.98 Å². The summed E-state index contributed by atoms with van der Waals surface area (Å²) in [5, 5.41) is 10.2. The number of halogens is 1. The highest BCUT2D eigenvalue weighted by Gasteiger charge is 2.10. The molecule has 1 aliphatic carbocycles. The van der Waals surface area contributed by atoms with Gasteiger partial charge in [-0.1, -0.05) is 38.5 Å². The van der Waals surface area contributed by atoms with E-state index in [-0.39, 0.29) is 11.4 Å². The fraction of sp³-hybridized carbons (Fsp3) is 0.615. The number of nitro groups is 1. The van der Waals surface area contributed by atoms with Crippen LogP contribution in [0.2, 0.25) is 0 Å². The van der Waals surface area contributed by atoms with Gasteiger partial charge in [0.2, 0.25) is 0 Å². The van der Waals surface area contributed by atoms with Gasteiger partial charge in [-0.3, -0.25) is 10.1 Å². The predicted molar refractivity (Wildman–Crippen MR) is 83.6 cm³/mol. The summed E-state index contributed by atoms with van der Waals surface area (Å²) in [4.78, 5) is 13.3. The third kappa shape index (κ3) is 8.82. The van der Waals surface area contributed by atoms with Gasteiger partial charge in [-0.2, -0.15) is 0 Å². The standard InChI is InChI=1S/C6H12.C5H4BrN3O2.C2H6O/c1-2-4-6-5-3-1;6-5-1-3(7)4(2-8-5)9(10)11;1-3-2/h1-6H2;1-2H,(H2,7,8);1-2H3. The molecule has 0 saturated heterocycles. The second-order valence-electron chi connectivity index (χ2n) is 4.35. The Bertz CT molecular complexity index is 387. The van der Waals surface area contributed by atoms with Gasteiger partial charge in [0, 0.05) is 20.3 Å². The van der Waals surface area contributed by atoms with Crippen LogP contribution in [0.1, 0.15) is 38.5 Å². The Kier molecular flexibility index (Phi) is 10.9. The summed E-state index contributed by atoms with van der Waals surface area (Å²) in [6.07, 6.45) is 10.1. The Morgan fingerprint density at radius 2 is 1.65 bits per heavy atom. The highest BCUT2D eigenvalue weighted by atomic mass is 79.9. The molecule has 0 amide bonds. The molecule has 2 rings (SSSR count). The van der Waals surface area contributed by atoms with E-state index in [0.29, 0.717) is 4.60 Å². The molecule has 0 aromatic carbocycles. The van der Waals surface area contributed by atoms with Crippen LogP contribution >= 0.6 is 15.9 Å².